The van der Waals surface area contributed by atoms with E-state index in [1.54, 1.807) is 0 Å². The Balaban J connectivity index is 2.11. The van der Waals surface area contributed by atoms with Crippen molar-refractivity contribution in [3.05, 3.63) is 29.6 Å². The van der Waals surface area contributed by atoms with Crippen LogP contribution in [0.15, 0.2) is 12.1 Å². The molecule has 1 aromatic rings. The molecule has 0 aromatic heterocycles. The number of hydrogen-bond acceptors (Lipinski definition) is 2. The van der Waals surface area contributed by atoms with Crippen molar-refractivity contribution < 1.29 is 13.2 Å². The molecule has 2 nitrogen and oxygen atoms in total. The van der Waals surface area contributed by atoms with Crippen LogP contribution in [0.25, 0.3) is 0 Å². The summed E-state index contributed by atoms with van der Waals surface area (Å²) in [4.78, 5) is 0. The van der Waals surface area contributed by atoms with Crippen molar-refractivity contribution in [2.75, 3.05) is 18.4 Å². The molecule has 1 saturated heterocycles. The highest BCUT2D eigenvalue weighted by atomic mass is 19.2. The van der Waals surface area contributed by atoms with Crippen LogP contribution in [0.1, 0.15) is 12.8 Å². The molecule has 1 heterocycles. The Morgan fingerprint density at radius 2 is 1.62 bits per heavy atom. The van der Waals surface area contributed by atoms with Gasteiger partial charge in [0.15, 0.2) is 11.6 Å². The van der Waals surface area contributed by atoms with E-state index in [9.17, 15) is 13.2 Å². The maximum atomic E-state index is 13.3. The molecule has 0 unspecified atom stereocenters. The average Bonchev–Trinajstić information content (AvgIpc) is 2.27. The quantitative estimate of drug-likeness (QED) is 0.761. The van der Waals surface area contributed by atoms with Crippen LogP contribution in [-0.4, -0.2) is 19.1 Å². The minimum absolute atomic E-state index is 0.0331. The molecule has 5 heteroatoms. The first-order chi connectivity index (χ1) is 7.66. The fourth-order valence-electron chi connectivity index (χ4n) is 1.82. The molecule has 0 amide bonds. The minimum Gasteiger partial charge on any atom is -0.380 e. The van der Waals surface area contributed by atoms with Gasteiger partial charge in [-0.15, -0.1) is 0 Å². The maximum absolute atomic E-state index is 13.3. The first-order valence-electron chi connectivity index (χ1n) is 5.28. The maximum Gasteiger partial charge on any atom is 0.161 e. The molecule has 0 aliphatic carbocycles. The standard InChI is InChI=1S/C11H13F3N2/c12-8-5-10(14)11(6-9(8)13)16-7-1-3-15-4-2-7/h5-7,15-16H,1-4H2. The molecule has 0 radical (unpaired) electrons. The third-order valence-corrected chi connectivity index (χ3v) is 2.71. The zero-order valence-corrected chi connectivity index (χ0v) is 8.69. The number of nitrogens with one attached hydrogen (secondary N) is 2. The van der Waals surface area contributed by atoms with Gasteiger partial charge in [-0.3, -0.25) is 0 Å². The predicted octanol–water partition coefficient (Wildman–Crippen LogP) is 2.27. The number of anilines is 1. The summed E-state index contributed by atoms with van der Waals surface area (Å²) < 4.78 is 38.9. The van der Waals surface area contributed by atoms with Crippen molar-refractivity contribution in [2.24, 2.45) is 0 Å². The summed E-state index contributed by atoms with van der Waals surface area (Å²) in [5.74, 6) is -2.94. The van der Waals surface area contributed by atoms with Crippen LogP contribution in [0, 0.1) is 17.5 Å². The Bertz CT molecular complexity index is 376. The number of benzene rings is 1. The molecule has 1 fully saturated rings. The van der Waals surface area contributed by atoms with Crippen LogP contribution in [0.5, 0.6) is 0 Å². The van der Waals surface area contributed by atoms with E-state index in [1.165, 1.54) is 0 Å². The van der Waals surface area contributed by atoms with Gasteiger partial charge in [-0.25, -0.2) is 13.2 Å². The normalized spacial score (nSPS) is 17.4. The van der Waals surface area contributed by atoms with Crippen molar-refractivity contribution in [3.8, 4) is 0 Å². The van der Waals surface area contributed by atoms with Crippen molar-refractivity contribution in [1.29, 1.82) is 0 Å². The van der Waals surface area contributed by atoms with Crippen LogP contribution >= 0.6 is 0 Å². The monoisotopic (exact) mass is 230 g/mol. The highest BCUT2D eigenvalue weighted by Gasteiger charge is 2.16. The topological polar surface area (TPSA) is 24.1 Å². The van der Waals surface area contributed by atoms with Crippen LogP contribution in [0.4, 0.5) is 18.9 Å². The zero-order chi connectivity index (χ0) is 11.5. The molecule has 1 aliphatic heterocycles. The molecule has 16 heavy (non-hydrogen) atoms. The lowest BCUT2D eigenvalue weighted by Gasteiger charge is -2.24. The lowest BCUT2D eigenvalue weighted by molar-refractivity contribution is 0.472. The zero-order valence-electron chi connectivity index (χ0n) is 8.69. The number of halogens is 3. The van der Waals surface area contributed by atoms with Crippen molar-refractivity contribution in [3.63, 3.8) is 0 Å². The van der Waals surface area contributed by atoms with Gasteiger partial charge in [0.05, 0.1) is 5.69 Å². The van der Waals surface area contributed by atoms with Gasteiger partial charge in [0, 0.05) is 18.2 Å². The summed E-state index contributed by atoms with van der Waals surface area (Å²) in [6.07, 6.45) is 1.69. The Labute approximate surface area is 91.8 Å². The fraction of sp³-hybridized carbons (Fsp3) is 0.455. The first kappa shape index (κ1) is 11.3. The SMILES string of the molecule is Fc1cc(F)c(NC2CCNCC2)cc1F. The first-order valence-corrected chi connectivity index (χ1v) is 5.28. The number of hydrogen-bond donors (Lipinski definition) is 2. The number of rotatable bonds is 2. The van der Waals surface area contributed by atoms with E-state index in [-0.39, 0.29) is 11.7 Å². The fourth-order valence-corrected chi connectivity index (χ4v) is 1.82. The molecular weight excluding hydrogens is 217 g/mol. The average molecular weight is 230 g/mol. The van der Waals surface area contributed by atoms with Crippen molar-refractivity contribution in [2.45, 2.75) is 18.9 Å². The summed E-state index contributed by atoms with van der Waals surface area (Å²) in [6.45, 7) is 1.70. The van der Waals surface area contributed by atoms with Gasteiger partial charge < -0.3 is 10.6 Å². The summed E-state index contributed by atoms with van der Waals surface area (Å²) in [5, 5.41) is 6.06. The van der Waals surface area contributed by atoms with Gasteiger partial charge in [-0.05, 0) is 25.9 Å². The van der Waals surface area contributed by atoms with Gasteiger partial charge in [0.2, 0.25) is 0 Å². The highest BCUT2D eigenvalue weighted by molar-refractivity contribution is 5.46. The molecule has 88 valence electrons. The molecule has 1 aromatic carbocycles. The Kier molecular flexibility index (Phi) is 3.33. The largest absolute Gasteiger partial charge is 0.380 e. The Morgan fingerprint density at radius 1 is 1.00 bits per heavy atom. The van der Waals surface area contributed by atoms with E-state index >= 15 is 0 Å². The molecule has 2 N–H and O–H groups in total. The van der Waals surface area contributed by atoms with E-state index in [2.05, 4.69) is 10.6 Å². The summed E-state index contributed by atoms with van der Waals surface area (Å²) in [7, 11) is 0. The summed E-state index contributed by atoms with van der Waals surface area (Å²) >= 11 is 0. The van der Waals surface area contributed by atoms with E-state index in [0.717, 1.165) is 32.0 Å². The van der Waals surface area contributed by atoms with E-state index in [4.69, 9.17) is 0 Å². The molecule has 0 spiro atoms. The second-order valence-corrected chi connectivity index (χ2v) is 3.91. The van der Waals surface area contributed by atoms with Crippen LogP contribution in [0.3, 0.4) is 0 Å². The third kappa shape index (κ3) is 2.47. The lowest BCUT2D eigenvalue weighted by atomic mass is 10.1. The van der Waals surface area contributed by atoms with E-state index in [0.29, 0.717) is 6.07 Å². The molecule has 0 bridgehead atoms. The lowest BCUT2D eigenvalue weighted by Crippen LogP contribution is -2.35. The van der Waals surface area contributed by atoms with Gasteiger partial charge in [0.1, 0.15) is 5.82 Å². The van der Waals surface area contributed by atoms with Gasteiger partial charge in [-0.1, -0.05) is 0 Å². The summed E-state index contributed by atoms with van der Waals surface area (Å²) in [5.41, 5.74) is 0.0331. The molecule has 1 aliphatic rings. The van der Waals surface area contributed by atoms with E-state index < -0.39 is 17.5 Å². The molecule has 0 atom stereocenters. The Hall–Kier alpha value is -1.23. The minimum atomic E-state index is -1.16. The van der Waals surface area contributed by atoms with Crippen LogP contribution in [-0.2, 0) is 0 Å². The van der Waals surface area contributed by atoms with Gasteiger partial charge >= 0.3 is 0 Å². The van der Waals surface area contributed by atoms with E-state index in [1.807, 2.05) is 0 Å². The summed E-state index contributed by atoms with van der Waals surface area (Å²) in [6, 6.07) is 1.55. The molecular formula is C11H13F3N2. The Morgan fingerprint density at radius 3 is 2.31 bits per heavy atom. The smallest absolute Gasteiger partial charge is 0.161 e. The molecule has 2 rings (SSSR count). The predicted molar refractivity (Wildman–Crippen MR) is 55.8 cm³/mol. The number of piperidine rings is 1. The van der Waals surface area contributed by atoms with Crippen molar-refractivity contribution >= 4 is 5.69 Å². The van der Waals surface area contributed by atoms with Crippen LogP contribution in [0.2, 0.25) is 0 Å². The van der Waals surface area contributed by atoms with Gasteiger partial charge in [-0.2, -0.15) is 0 Å². The van der Waals surface area contributed by atoms with Gasteiger partial charge in [0.25, 0.3) is 0 Å². The second-order valence-electron chi connectivity index (χ2n) is 3.91. The molecule has 0 saturated carbocycles. The van der Waals surface area contributed by atoms with Crippen LogP contribution < -0.4 is 10.6 Å². The van der Waals surface area contributed by atoms with Crippen molar-refractivity contribution in [1.82, 2.24) is 5.32 Å². The third-order valence-electron chi connectivity index (χ3n) is 2.71. The second kappa shape index (κ2) is 4.74. The highest BCUT2D eigenvalue weighted by Crippen LogP contribution is 2.20.